The first-order chi connectivity index (χ1) is 6.87. The van der Waals surface area contributed by atoms with Crippen molar-refractivity contribution < 1.29 is 4.79 Å². The van der Waals surface area contributed by atoms with Gasteiger partial charge in [-0.2, -0.15) is 0 Å². The number of hydrogen-bond acceptors (Lipinski definition) is 2. The number of carbonyl (C=O) groups is 1. The Hall–Kier alpha value is -1.26. The van der Waals surface area contributed by atoms with Gasteiger partial charge in [0.2, 0.25) is 0 Å². The fraction of sp³-hybridized carbons (Fsp3) is 0.800. The van der Waals surface area contributed by atoms with E-state index in [0.717, 1.165) is 12.8 Å². The first kappa shape index (κ1) is 11.8. The van der Waals surface area contributed by atoms with Crippen LogP contribution in [0.2, 0.25) is 0 Å². The van der Waals surface area contributed by atoms with Crippen molar-refractivity contribution >= 4 is 11.9 Å². The minimum Gasteiger partial charge on any atom is -0.387 e. The Kier molecular flexibility index (Phi) is 3.21. The number of hydrogen-bond donors (Lipinski definition) is 2. The van der Waals surface area contributed by atoms with E-state index in [1.54, 1.807) is 19.0 Å². The van der Waals surface area contributed by atoms with Crippen molar-refractivity contribution in [2.24, 2.45) is 11.1 Å². The zero-order valence-electron chi connectivity index (χ0n) is 9.71. The molecule has 0 aromatic rings. The van der Waals surface area contributed by atoms with Gasteiger partial charge in [-0.05, 0) is 12.8 Å². The molecular weight excluding hydrogens is 192 g/mol. The van der Waals surface area contributed by atoms with Gasteiger partial charge in [0.15, 0.2) is 0 Å². The highest BCUT2D eigenvalue weighted by Gasteiger charge is 2.34. The third kappa shape index (κ3) is 2.40. The van der Waals surface area contributed by atoms with Crippen molar-refractivity contribution in [2.75, 3.05) is 27.2 Å². The van der Waals surface area contributed by atoms with Crippen molar-refractivity contribution in [3.05, 3.63) is 0 Å². The molecule has 0 spiro atoms. The molecule has 86 valence electrons. The fourth-order valence-corrected chi connectivity index (χ4v) is 1.74. The molecule has 0 radical (unpaired) electrons. The number of nitrogens with two attached hydrogens (primary N) is 1. The summed E-state index contributed by atoms with van der Waals surface area (Å²) in [6, 6.07) is 0.0422. The third-order valence-corrected chi connectivity index (χ3v) is 3.17. The maximum absolute atomic E-state index is 11.6. The molecule has 0 saturated carbocycles. The summed E-state index contributed by atoms with van der Waals surface area (Å²) in [5.74, 6) is 0.236. The predicted octanol–water partition coefficient (Wildman–Crippen LogP) is 0.706. The van der Waals surface area contributed by atoms with E-state index < -0.39 is 0 Å². The zero-order chi connectivity index (χ0) is 11.6. The molecule has 5 heteroatoms. The van der Waals surface area contributed by atoms with Gasteiger partial charge in [-0.15, -0.1) is 0 Å². The van der Waals surface area contributed by atoms with Crippen LogP contribution in [0.5, 0.6) is 0 Å². The van der Waals surface area contributed by atoms with Crippen molar-refractivity contribution in [2.45, 2.75) is 19.8 Å². The summed E-state index contributed by atoms with van der Waals surface area (Å²) >= 11 is 0. The van der Waals surface area contributed by atoms with Crippen LogP contribution in [0, 0.1) is 10.8 Å². The minimum atomic E-state index is -0.219. The lowest BCUT2D eigenvalue weighted by atomic mass is 9.79. The third-order valence-electron chi connectivity index (χ3n) is 3.17. The summed E-state index contributed by atoms with van der Waals surface area (Å²) in [6.45, 7) is 3.37. The Morgan fingerprint density at radius 3 is 2.20 bits per heavy atom. The Morgan fingerprint density at radius 2 is 1.87 bits per heavy atom. The molecule has 5 nitrogen and oxygen atoms in total. The van der Waals surface area contributed by atoms with E-state index in [9.17, 15) is 4.79 Å². The van der Waals surface area contributed by atoms with Crippen LogP contribution in [0.3, 0.4) is 0 Å². The summed E-state index contributed by atoms with van der Waals surface area (Å²) in [7, 11) is 3.50. The van der Waals surface area contributed by atoms with Gasteiger partial charge in [-0.25, -0.2) is 4.79 Å². The fourth-order valence-electron chi connectivity index (χ4n) is 1.74. The van der Waals surface area contributed by atoms with Gasteiger partial charge in [0.1, 0.15) is 0 Å². The molecule has 0 bridgehead atoms. The van der Waals surface area contributed by atoms with Gasteiger partial charge in [-0.3, -0.25) is 5.41 Å². The largest absolute Gasteiger partial charge is 0.387 e. The average Bonchev–Trinajstić information content (AvgIpc) is 2.17. The van der Waals surface area contributed by atoms with Crippen LogP contribution in [0.15, 0.2) is 0 Å². The molecule has 1 heterocycles. The summed E-state index contributed by atoms with van der Waals surface area (Å²) in [5, 5.41) is 7.51. The zero-order valence-corrected chi connectivity index (χ0v) is 9.71. The number of likely N-dealkylation sites (tertiary alicyclic amines) is 1. The second-order valence-electron chi connectivity index (χ2n) is 4.64. The topological polar surface area (TPSA) is 73.4 Å². The molecule has 1 aliphatic heterocycles. The standard InChI is InChI=1S/C10H20N4O/c1-10(8(11)12)4-6-14(7-5-10)9(15)13(2)3/h4-7H2,1-3H3,(H3,11,12). The van der Waals surface area contributed by atoms with Crippen LogP contribution in [-0.2, 0) is 0 Å². The lowest BCUT2D eigenvalue weighted by Crippen LogP contribution is -2.49. The van der Waals surface area contributed by atoms with Crippen LogP contribution in [0.25, 0.3) is 0 Å². The lowest BCUT2D eigenvalue weighted by molar-refractivity contribution is 0.138. The Bertz CT molecular complexity index is 267. The lowest BCUT2D eigenvalue weighted by Gasteiger charge is -2.39. The highest BCUT2D eigenvalue weighted by atomic mass is 16.2. The molecule has 1 saturated heterocycles. The number of nitrogens with one attached hydrogen (secondary N) is 1. The quantitative estimate of drug-likeness (QED) is 0.496. The Morgan fingerprint density at radius 1 is 1.40 bits per heavy atom. The highest BCUT2D eigenvalue weighted by Crippen LogP contribution is 2.30. The van der Waals surface area contributed by atoms with Crippen molar-refractivity contribution in [3.8, 4) is 0 Å². The van der Waals surface area contributed by atoms with E-state index in [1.165, 1.54) is 0 Å². The van der Waals surface area contributed by atoms with Crippen LogP contribution >= 0.6 is 0 Å². The molecular formula is C10H20N4O. The van der Waals surface area contributed by atoms with E-state index in [-0.39, 0.29) is 17.3 Å². The average molecular weight is 212 g/mol. The predicted molar refractivity (Wildman–Crippen MR) is 59.9 cm³/mol. The SMILES string of the molecule is CN(C)C(=O)N1CCC(C)(C(=N)N)CC1. The van der Waals surface area contributed by atoms with Crippen LogP contribution in [0.1, 0.15) is 19.8 Å². The minimum absolute atomic E-state index is 0.0422. The van der Waals surface area contributed by atoms with Gasteiger partial charge in [0, 0.05) is 32.6 Å². The van der Waals surface area contributed by atoms with Crippen LogP contribution < -0.4 is 5.73 Å². The van der Waals surface area contributed by atoms with Crippen LogP contribution in [-0.4, -0.2) is 48.9 Å². The summed E-state index contributed by atoms with van der Waals surface area (Å²) in [5.41, 5.74) is 5.33. The van der Waals surface area contributed by atoms with Gasteiger partial charge < -0.3 is 15.5 Å². The summed E-state index contributed by atoms with van der Waals surface area (Å²) < 4.78 is 0. The first-order valence-electron chi connectivity index (χ1n) is 5.17. The molecule has 1 rings (SSSR count). The molecule has 0 unspecified atom stereocenters. The van der Waals surface area contributed by atoms with Gasteiger partial charge in [-0.1, -0.05) is 6.92 Å². The van der Waals surface area contributed by atoms with Crippen molar-refractivity contribution in [1.29, 1.82) is 5.41 Å². The monoisotopic (exact) mass is 212 g/mol. The van der Waals surface area contributed by atoms with Gasteiger partial charge >= 0.3 is 6.03 Å². The van der Waals surface area contributed by atoms with E-state index in [2.05, 4.69) is 0 Å². The second kappa shape index (κ2) is 4.08. The molecule has 2 amide bonds. The molecule has 0 aromatic carbocycles. The summed E-state index contributed by atoms with van der Waals surface area (Å²) in [4.78, 5) is 15.0. The number of rotatable bonds is 1. The molecule has 0 atom stereocenters. The molecule has 0 aromatic heterocycles. The van der Waals surface area contributed by atoms with Gasteiger partial charge in [0.25, 0.3) is 0 Å². The first-order valence-corrected chi connectivity index (χ1v) is 5.17. The smallest absolute Gasteiger partial charge is 0.319 e. The maximum Gasteiger partial charge on any atom is 0.319 e. The van der Waals surface area contributed by atoms with Crippen molar-refractivity contribution in [1.82, 2.24) is 9.80 Å². The van der Waals surface area contributed by atoms with Crippen molar-refractivity contribution in [3.63, 3.8) is 0 Å². The van der Waals surface area contributed by atoms with E-state index in [1.807, 2.05) is 11.8 Å². The van der Waals surface area contributed by atoms with Gasteiger partial charge in [0.05, 0.1) is 5.84 Å². The number of amides is 2. The van der Waals surface area contributed by atoms with E-state index in [0.29, 0.717) is 13.1 Å². The molecule has 15 heavy (non-hydrogen) atoms. The number of nitrogens with zero attached hydrogens (tertiary/aromatic N) is 2. The number of piperidine rings is 1. The van der Waals surface area contributed by atoms with E-state index in [4.69, 9.17) is 11.1 Å². The van der Waals surface area contributed by atoms with E-state index >= 15 is 0 Å². The van der Waals surface area contributed by atoms with Crippen LogP contribution in [0.4, 0.5) is 4.79 Å². The maximum atomic E-state index is 11.6. The normalized spacial score (nSPS) is 19.8. The Labute approximate surface area is 90.7 Å². The number of urea groups is 1. The molecule has 1 fully saturated rings. The number of amidine groups is 1. The number of carbonyl (C=O) groups excluding carboxylic acids is 1. The second-order valence-corrected chi connectivity index (χ2v) is 4.64. The molecule has 0 aliphatic carbocycles. The molecule has 3 N–H and O–H groups in total. The summed E-state index contributed by atoms with van der Waals surface area (Å²) in [6.07, 6.45) is 1.56. The highest BCUT2D eigenvalue weighted by molar-refractivity contribution is 5.83. The Balaban J connectivity index is 2.56. The molecule has 1 aliphatic rings.